The molecule has 1 aromatic heterocycles. The first-order valence-electron chi connectivity index (χ1n) is 7.76. The summed E-state index contributed by atoms with van der Waals surface area (Å²) < 4.78 is 2.35. The molecule has 0 aliphatic carbocycles. The molecule has 1 aromatic carbocycles. The Balaban J connectivity index is 2.14. The van der Waals surface area contributed by atoms with E-state index in [9.17, 15) is 0 Å². The Morgan fingerprint density at radius 3 is 2.71 bits per heavy atom. The van der Waals surface area contributed by atoms with Gasteiger partial charge in [0.05, 0.1) is 0 Å². The van der Waals surface area contributed by atoms with E-state index in [-0.39, 0.29) is 5.54 Å². The molecule has 0 spiro atoms. The summed E-state index contributed by atoms with van der Waals surface area (Å²) in [7, 11) is 0. The Morgan fingerprint density at radius 2 is 2.00 bits per heavy atom. The van der Waals surface area contributed by atoms with E-state index in [1.165, 1.54) is 16.5 Å². The number of unbranched alkanes of at least 4 members (excludes halogenated alkanes) is 1. The lowest BCUT2D eigenvalue weighted by Gasteiger charge is -2.20. The Morgan fingerprint density at radius 1 is 1.24 bits per heavy atom. The van der Waals surface area contributed by atoms with Gasteiger partial charge in [-0.1, -0.05) is 18.2 Å². The van der Waals surface area contributed by atoms with Gasteiger partial charge in [0.25, 0.3) is 0 Å². The second-order valence-electron chi connectivity index (χ2n) is 6.60. The first-order chi connectivity index (χ1) is 10.0. The van der Waals surface area contributed by atoms with E-state index in [0.717, 1.165) is 32.4 Å². The van der Waals surface area contributed by atoms with Gasteiger partial charge in [0.2, 0.25) is 0 Å². The summed E-state index contributed by atoms with van der Waals surface area (Å²) in [4.78, 5) is 0. The number of rotatable bonds is 6. The highest BCUT2D eigenvalue weighted by atomic mass is 15.0. The van der Waals surface area contributed by atoms with Crippen molar-refractivity contribution < 1.29 is 0 Å². The van der Waals surface area contributed by atoms with Gasteiger partial charge in [0.15, 0.2) is 0 Å². The molecule has 0 radical (unpaired) electrons. The van der Waals surface area contributed by atoms with Crippen molar-refractivity contribution >= 4 is 10.9 Å². The van der Waals surface area contributed by atoms with Crippen LogP contribution >= 0.6 is 0 Å². The molecular formula is C19H26N2. The van der Waals surface area contributed by atoms with Crippen LogP contribution in [0.15, 0.2) is 30.5 Å². The number of hydrogen-bond donors (Lipinski definition) is 1. The number of nitrogens with one attached hydrogen (secondary N) is 1. The third-order valence-electron chi connectivity index (χ3n) is 3.64. The van der Waals surface area contributed by atoms with Gasteiger partial charge in [-0.15, -0.1) is 12.3 Å². The maximum atomic E-state index is 5.35. The molecule has 2 heteroatoms. The molecule has 0 unspecified atom stereocenters. The average Bonchev–Trinajstić information content (AvgIpc) is 2.77. The minimum Gasteiger partial charge on any atom is -0.347 e. The van der Waals surface area contributed by atoms with Crippen molar-refractivity contribution in [1.82, 2.24) is 9.88 Å². The fraction of sp³-hybridized carbons (Fsp3) is 0.474. The summed E-state index contributed by atoms with van der Waals surface area (Å²) >= 11 is 0. The zero-order valence-corrected chi connectivity index (χ0v) is 13.4. The van der Waals surface area contributed by atoms with Gasteiger partial charge in [-0.3, -0.25) is 0 Å². The Hall–Kier alpha value is -1.72. The third-order valence-corrected chi connectivity index (χ3v) is 3.64. The number of para-hydroxylation sites is 1. The molecule has 112 valence electrons. The molecule has 1 heterocycles. The van der Waals surface area contributed by atoms with Crippen molar-refractivity contribution in [2.45, 2.75) is 52.1 Å². The molecule has 0 bridgehead atoms. The van der Waals surface area contributed by atoms with Gasteiger partial charge in [-0.05, 0) is 51.8 Å². The highest BCUT2D eigenvalue weighted by Crippen LogP contribution is 2.22. The van der Waals surface area contributed by atoms with Crippen LogP contribution in [0.25, 0.3) is 10.9 Å². The van der Waals surface area contributed by atoms with E-state index in [2.05, 4.69) is 67.0 Å². The van der Waals surface area contributed by atoms with Crippen LogP contribution in [-0.2, 0) is 13.0 Å². The maximum Gasteiger partial charge on any atom is 0.0483 e. The van der Waals surface area contributed by atoms with Crippen molar-refractivity contribution in [1.29, 1.82) is 0 Å². The topological polar surface area (TPSA) is 17.0 Å². The molecule has 2 aromatic rings. The van der Waals surface area contributed by atoms with Crippen molar-refractivity contribution in [3.05, 3.63) is 36.0 Å². The SMILES string of the molecule is C#CCCCn1cc(CCNC(C)(C)C)c2ccccc21. The van der Waals surface area contributed by atoms with Crippen molar-refractivity contribution in [3.63, 3.8) is 0 Å². The summed E-state index contributed by atoms with van der Waals surface area (Å²) in [5.74, 6) is 2.72. The molecular weight excluding hydrogens is 256 g/mol. The van der Waals surface area contributed by atoms with E-state index < -0.39 is 0 Å². The summed E-state index contributed by atoms with van der Waals surface area (Å²) in [5.41, 5.74) is 2.91. The molecule has 2 rings (SSSR count). The van der Waals surface area contributed by atoms with Crippen LogP contribution in [0.3, 0.4) is 0 Å². The van der Waals surface area contributed by atoms with Crippen molar-refractivity contribution in [3.8, 4) is 12.3 Å². The number of hydrogen-bond acceptors (Lipinski definition) is 1. The number of aromatic nitrogens is 1. The highest BCUT2D eigenvalue weighted by Gasteiger charge is 2.11. The summed E-state index contributed by atoms with van der Waals surface area (Å²) in [5, 5.41) is 4.93. The fourth-order valence-corrected chi connectivity index (χ4v) is 2.63. The molecule has 0 atom stereocenters. The van der Waals surface area contributed by atoms with E-state index in [1.54, 1.807) is 0 Å². The Kier molecular flexibility index (Phi) is 5.09. The third kappa shape index (κ3) is 4.37. The predicted octanol–water partition coefficient (Wildman–Crippen LogP) is 3.99. The normalized spacial score (nSPS) is 11.7. The molecule has 0 fully saturated rings. The second-order valence-corrected chi connectivity index (χ2v) is 6.60. The van der Waals surface area contributed by atoms with Gasteiger partial charge in [0.1, 0.15) is 0 Å². The number of nitrogens with zero attached hydrogens (tertiary/aromatic N) is 1. The van der Waals surface area contributed by atoms with Crippen molar-refractivity contribution in [2.75, 3.05) is 6.54 Å². The van der Waals surface area contributed by atoms with Crippen LogP contribution in [0.4, 0.5) is 0 Å². The van der Waals surface area contributed by atoms with E-state index in [1.807, 2.05) is 0 Å². The summed E-state index contributed by atoms with van der Waals surface area (Å²) in [6.07, 6.45) is 10.6. The molecule has 21 heavy (non-hydrogen) atoms. The van der Waals surface area contributed by atoms with E-state index >= 15 is 0 Å². The van der Waals surface area contributed by atoms with Gasteiger partial charge in [0, 0.05) is 35.6 Å². The number of fused-ring (bicyclic) bond motifs is 1. The van der Waals surface area contributed by atoms with Crippen LogP contribution in [0.5, 0.6) is 0 Å². The van der Waals surface area contributed by atoms with Gasteiger partial charge >= 0.3 is 0 Å². The summed E-state index contributed by atoms with van der Waals surface area (Å²) in [6.45, 7) is 8.61. The van der Waals surface area contributed by atoms with Crippen LogP contribution in [0, 0.1) is 12.3 Å². The molecule has 2 nitrogen and oxygen atoms in total. The van der Waals surface area contributed by atoms with Crippen LogP contribution in [0.2, 0.25) is 0 Å². The largest absolute Gasteiger partial charge is 0.347 e. The smallest absolute Gasteiger partial charge is 0.0483 e. The zero-order chi connectivity index (χ0) is 15.3. The molecule has 0 aliphatic rings. The number of aryl methyl sites for hydroxylation is 1. The second kappa shape index (κ2) is 6.83. The molecule has 0 saturated carbocycles. The lowest BCUT2D eigenvalue weighted by molar-refractivity contribution is 0.429. The van der Waals surface area contributed by atoms with Crippen LogP contribution in [-0.4, -0.2) is 16.7 Å². The lowest BCUT2D eigenvalue weighted by Crippen LogP contribution is -2.37. The Bertz CT molecular complexity index is 623. The van der Waals surface area contributed by atoms with Gasteiger partial charge in [-0.2, -0.15) is 0 Å². The number of benzene rings is 1. The Labute approximate surface area is 128 Å². The molecule has 0 saturated heterocycles. The van der Waals surface area contributed by atoms with E-state index in [0.29, 0.717) is 0 Å². The average molecular weight is 282 g/mol. The predicted molar refractivity (Wildman–Crippen MR) is 91.5 cm³/mol. The minimum atomic E-state index is 0.172. The fourth-order valence-electron chi connectivity index (χ4n) is 2.63. The zero-order valence-electron chi connectivity index (χ0n) is 13.4. The first kappa shape index (κ1) is 15.7. The maximum absolute atomic E-state index is 5.35. The quantitative estimate of drug-likeness (QED) is 0.626. The number of terminal acetylenes is 1. The van der Waals surface area contributed by atoms with Crippen LogP contribution in [0.1, 0.15) is 39.2 Å². The van der Waals surface area contributed by atoms with Gasteiger partial charge < -0.3 is 9.88 Å². The highest BCUT2D eigenvalue weighted by molar-refractivity contribution is 5.84. The van der Waals surface area contributed by atoms with Gasteiger partial charge in [-0.25, -0.2) is 0 Å². The first-order valence-corrected chi connectivity index (χ1v) is 7.76. The standard InChI is InChI=1S/C19H26N2/c1-5-6-9-14-21-15-16(12-13-20-19(2,3)4)17-10-7-8-11-18(17)21/h1,7-8,10-11,15,20H,6,9,12-14H2,2-4H3. The molecule has 1 N–H and O–H groups in total. The summed E-state index contributed by atoms with van der Waals surface area (Å²) in [6, 6.07) is 8.65. The van der Waals surface area contributed by atoms with Crippen molar-refractivity contribution in [2.24, 2.45) is 0 Å². The van der Waals surface area contributed by atoms with Crippen LogP contribution < -0.4 is 5.32 Å². The lowest BCUT2D eigenvalue weighted by atomic mass is 10.1. The minimum absolute atomic E-state index is 0.172. The molecule has 0 aliphatic heterocycles. The molecule has 0 amide bonds. The monoisotopic (exact) mass is 282 g/mol. The van der Waals surface area contributed by atoms with E-state index in [4.69, 9.17) is 6.42 Å².